The summed E-state index contributed by atoms with van der Waals surface area (Å²) in [5.41, 5.74) is 0.727. The molecule has 0 spiro atoms. The van der Waals surface area contributed by atoms with Gasteiger partial charge < -0.3 is 10.0 Å². The summed E-state index contributed by atoms with van der Waals surface area (Å²) in [5.74, 6) is 0.425. The Balaban J connectivity index is 2.13. The minimum atomic E-state index is -0.293. The number of aliphatic hydroxyl groups excluding tert-OH is 1. The van der Waals surface area contributed by atoms with Crippen LogP contribution in [-0.4, -0.2) is 34.3 Å². The fraction of sp³-hybridized carbons (Fsp3) is 0.385. The number of halogens is 1. The zero-order chi connectivity index (χ0) is 12.5. The molecule has 94 valence electrons. The lowest BCUT2D eigenvalue weighted by molar-refractivity contribution is 0.266. The van der Waals surface area contributed by atoms with Gasteiger partial charge in [0.25, 0.3) is 0 Å². The number of rotatable bonds is 2. The fourth-order valence-electron chi connectivity index (χ4n) is 2.55. The summed E-state index contributed by atoms with van der Waals surface area (Å²) < 4.78 is 13.4. The lowest BCUT2D eigenvalue weighted by Crippen LogP contribution is -2.32. The van der Waals surface area contributed by atoms with Crippen LogP contribution in [0.25, 0.3) is 10.9 Å². The number of hydrogen-bond donors (Lipinski definition) is 1. The molecule has 4 nitrogen and oxygen atoms in total. The van der Waals surface area contributed by atoms with Gasteiger partial charge in [0, 0.05) is 11.9 Å². The molecule has 0 aliphatic carbocycles. The molecular weight excluding hydrogens is 233 g/mol. The summed E-state index contributed by atoms with van der Waals surface area (Å²) in [4.78, 5) is 10.4. The van der Waals surface area contributed by atoms with E-state index in [-0.39, 0.29) is 18.5 Å². The van der Waals surface area contributed by atoms with Gasteiger partial charge in [0.05, 0.1) is 18.2 Å². The fourth-order valence-corrected chi connectivity index (χ4v) is 2.55. The van der Waals surface area contributed by atoms with Gasteiger partial charge in [0.2, 0.25) is 0 Å². The van der Waals surface area contributed by atoms with Crippen LogP contribution in [0.1, 0.15) is 12.8 Å². The third kappa shape index (κ3) is 1.80. The van der Waals surface area contributed by atoms with Crippen molar-refractivity contribution in [3.63, 3.8) is 0 Å². The maximum Gasteiger partial charge on any atom is 0.140 e. The summed E-state index contributed by atoms with van der Waals surface area (Å²) in [6, 6.07) is 4.58. The maximum atomic E-state index is 13.4. The molecule has 0 saturated carbocycles. The van der Waals surface area contributed by atoms with E-state index in [4.69, 9.17) is 0 Å². The van der Waals surface area contributed by atoms with Crippen LogP contribution in [0.5, 0.6) is 0 Å². The van der Waals surface area contributed by atoms with E-state index in [2.05, 4.69) is 9.97 Å². The van der Waals surface area contributed by atoms with E-state index in [1.54, 1.807) is 6.07 Å². The van der Waals surface area contributed by atoms with E-state index in [1.807, 2.05) is 4.90 Å². The van der Waals surface area contributed by atoms with Crippen molar-refractivity contribution < 1.29 is 9.50 Å². The summed E-state index contributed by atoms with van der Waals surface area (Å²) in [6.45, 7) is 0.939. The Morgan fingerprint density at radius 2 is 2.28 bits per heavy atom. The molecule has 1 fully saturated rings. The minimum Gasteiger partial charge on any atom is -0.394 e. The molecule has 1 aliphatic heterocycles. The molecule has 1 aromatic carbocycles. The van der Waals surface area contributed by atoms with Gasteiger partial charge in [0.15, 0.2) is 0 Å². The summed E-state index contributed by atoms with van der Waals surface area (Å²) >= 11 is 0. The average Bonchev–Trinajstić information content (AvgIpc) is 2.86. The number of fused-ring (bicyclic) bond motifs is 1. The predicted octanol–water partition coefficient (Wildman–Crippen LogP) is 1.73. The first-order valence-corrected chi connectivity index (χ1v) is 6.07. The van der Waals surface area contributed by atoms with Gasteiger partial charge in [-0.15, -0.1) is 0 Å². The third-order valence-electron chi connectivity index (χ3n) is 3.44. The molecule has 1 atom stereocenters. The topological polar surface area (TPSA) is 49.2 Å². The van der Waals surface area contributed by atoms with Crippen molar-refractivity contribution in [1.82, 2.24) is 9.97 Å². The van der Waals surface area contributed by atoms with Crippen LogP contribution in [0.2, 0.25) is 0 Å². The molecule has 3 rings (SSSR count). The number of aliphatic hydroxyl groups is 1. The van der Waals surface area contributed by atoms with Gasteiger partial charge in [-0.3, -0.25) is 0 Å². The second kappa shape index (κ2) is 4.49. The molecule has 5 heteroatoms. The Morgan fingerprint density at radius 1 is 1.39 bits per heavy atom. The van der Waals surface area contributed by atoms with Gasteiger partial charge in [-0.1, -0.05) is 0 Å². The first-order valence-electron chi connectivity index (χ1n) is 6.07. The molecule has 1 saturated heterocycles. The van der Waals surface area contributed by atoms with E-state index in [9.17, 15) is 9.50 Å². The highest BCUT2D eigenvalue weighted by molar-refractivity contribution is 5.89. The second-order valence-corrected chi connectivity index (χ2v) is 4.53. The molecule has 0 amide bonds. The molecule has 18 heavy (non-hydrogen) atoms. The van der Waals surface area contributed by atoms with Crippen LogP contribution in [0.3, 0.4) is 0 Å². The van der Waals surface area contributed by atoms with Crippen molar-refractivity contribution in [2.75, 3.05) is 18.1 Å². The van der Waals surface area contributed by atoms with Gasteiger partial charge in [0.1, 0.15) is 18.0 Å². The first kappa shape index (κ1) is 11.3. The van der Waals surface area contributed by atoms with Crippen molar-refractivity contribution in [2.45, 2.75) is 18.9 Å². The van der Waals surface area contributed by atoms with Crippen LogP contribution in [0.4, 0.5) is 10.2 Å². The molecule has 1 unspecified atom stereocenters. The number of aromatic nitrogens is 2. The van der Waals surface area contributed by atoms with Crippen molar-refractivity contribution in [3.05, 3.63) is 30.3 Å². The lowest BCUT2D eigenvalue weighted by atomic mass is 10.2. The quantitative estimate of drug-likeness (QED) is 0.878. The van der Waals surface area contributed by atoms with Crippen LogP contribution >= 0.6 is 0 Å². The van der Waals surface area contributed by atoms with Crippen LogP contribution < -0.4 is 4.90 Å². The molecule has 0 radical (unpaired) electrons. The highest BCUT2D eigenvalue weighted by Gasteiger charge is 2.26. The van der Waals surface area contributed by atoms with Gasteiger partial charge >= 0.3 is 0 Å². The van der Waals surface area contributed by atoms with Crippen molar-refractivity contribution in [1.29, 1.82) is 0 Å². The largest absolute Gasteiger partial charge is 0.394 e. The number of anilines is 1. The van der Waals surface area contributed by atoms with Crippen molar-refractivity contribution >= 4 is 16.7 Å². The third-order valence-corrected chi connectivity index (χ3v) is 3.44. The van der Waals surface area contributed by atoms with E-state index < -0.39 is 0 Å². The number of nitrogens with zero attached hydrogens (tertiary/aromatic N) is 3. The second-order valence-electron chi connectivity index (χ2n) is 4.53. The highest BCUT2D eigenvalue weighted by atomic mass is 19.1. The van der Waals surface area contributed by atoms with Gasteiger partial charge in [-0.05, 0) is 31.0 Å². The normalized spacial score (nSPS) is 19.7. The van der Waals surface area contributed by atoms with Crippen molar-refractivity contribution in [2.24, 2.45) is 0 Å². The lowest BCUT2D eigenvalue weighted by Gasteiger charge is -2.25. The van der Waals surface area contributed by atoms with E-state index >= 15 is 0 Å². The molecular formula is C13H14FN3O. The van der Waals surface area contributed by atoms with Crippen molar-refractivity contribution in [3.8, 4) is 0 Å². The zero-order valence-electron chi connectivity index (χ0n) is 9.88. The van der Waals surface area contributed by atoms with Crippen LogP contribution in [0.15, 0.2) is 24.5 Å². The SMILES string of the molecule is OCC1CCCN1c1ncnc2ccc(F)cc12. The van der Waals surface area contributed by atoms with E-state index in [0.717, 1.165) is 30.7 Å². The molecule has 1 N–H and O–H groups in total. The Kier molecular flexibility index (Phi) is 2.83. The van der Waals surface area contributed by atoms with Gasteiger partial charge in [-0.2, -0.15) is 0 Å². The highest BCUT2D eigenvalue weighted by Crippen LogP contribution is 2.29. The Bertz CT molecular complexity index is 575. The number of hydrogen-bond acceptors (Lipinski definition) is 4. The summed E-state index contributed by atoms with van der Waals surface area (Å²) in [6.07, 6.45) is 3.45. The Hall–Kier alpha value is -1.75. The molecule has 1 aliphatic rings. The molecule has 1 aromatic heterocycles. The zero-order valence-corrected chi connectivity index (χ0v) is 9.88. The molecule has 2 aromatic rings. The summed E-state index contributed by atoms with van der Waals surface area (Å²) in [5, 5.41) is 10.1. The Labute approximate surface area is 104 Å². The van der Waals surface area contributed by atoms with E-state index in [0.29, 0.717) is 5.39 Å². The maximum absolute atomic E-state index is 13.4. The van der Waals surface area contributed by atoms with Crippen LogP contribution in [0, 0.1) is 5.82 Å². The van der Waals surface area contributed by atoms with Gasteiger partial charge in [-0.25, -0.2) is 14.4 Å². The van der Waals surface area contributed by atoms with E-state index in [1.165, 1.54) is 18.5 Å². The van der Waals surface area contributed by atoms with Crippen LogP contribution in [-0.2, 0) is 0 Å². The predicted molar refractivity (Wildman–Crippen MR) is 66.9 cm³/mol. The minimum absolute atomic E-state index is 0.0753. The average molecular weight is 247 g/mol. The molecule has 2 heterocycles. The summed E-state index contributed by atoms with van der Waals surface area (Å²) in [7, 11) is 0. The number of benzene rings is 1. The first-order chi connectivity index (χ1) is 8.79. The smallest absolute Gasteiger partial charge is 0.140 e. The monoisotopic (exact) mass is 247 g/mol. The Morgan fingerprint density at radius 3 is 3.11 bits per heavy atom. The molecule has 0 bridgehead atoms. The standard InChI is InChI=1S/C13H14FN3O/c14-9-3-4-12-11(6-9)13(16-8-15-12)17-5-1-2-10(17)7-18/h3-4,6,8,10,18H,1-2,5,7H2.